The summed E-state index contributed by atoms with van der Waals surface area (Å²) in [4.78, 5) is 56.5. The van der Waals surface area contributed by atoms with Crippen molar-refractivity contribution < 1.29 is 29.4 Å². The minimum atomic E-state index is -1.24. The average Bonchev–Trinajstić information content (AvgIpc) is 3.35. The number of thioether (sulfide) groups is 1. The molecule has 1 aromatic carbocycles. The number of nitrogens with zero attached hydrogens (tertiary/aromatic N) is 1. The molecule has 0 fully saturated rings. The van der Waals surface area contributed by atoms with Crippen LogP contribution in [0.5, 0.6) is 5.75 Å². The number of carboxylic acids is 1. The van der Waals surface area contributed by atoms with Crippen LogP contribution in [-0.2, 0) is 32.0 Å². The number of phenols is 1. The molecule has 0 aliphatic heterocycles. The molecule has 2 aromatic rings. The Morgan fingerprint density at radius 2 is 1.69 bits per heavy atom. The van der Waals surface area contributed by atoms with Gasteiger partial charge in [0.15, 0.2) is 0 Å². The molecule has 1 aromatic heterocycles. The van der Waals surface area contributed by atoms with Gasteiger partial charge in [0.1, 0.15) is 23.9 Å². The van der Waals surface area contributed by atoms with Crippen molar-refractivity contribution in [3.8, 4) is 5.75 Å². The molecule has 8 N–H and O–H groups in total. The van der Waals surface area contributed by atoms with Crippen LogP contribution in [0.15, 0.2) is 36.8 Å². The first-order chi connectivity index (χ1) is 17.1. The quantitative estimate of drug-likeness (QED) is 0.172. The van der Waals surface area contributed by atoms with Gasteiger partial charge in [0.2, 0.25) is 17.7 Å². The summed E-state index contributed by atoms with van der Waals surface area (Å²) in [6, 6.07) is 1.93. The van der Waals surface area contributed by atoms with Crippen LogP contribution >= 0.6 is 11.8 Å². The lowest BCUT2D eigenvalue weighted by Gasteiger charge is -2.23. The fourth-order valence-corrected chi connectivity index (χ4v) is 3.71. The number of aromatic nitrogens is 2. The number of imidazole rings is 1. The number of carbonyl (C=O) groups is 4. The summed E-state index contributed by atoms with van der Waals surface area (Å²) in [6.45, 7) is 1.41. The van der Waals surface area contributed by atoms with Gasteiger partial charge in [0.05, 0.1) is 12.4 Å². The summed E-state index contributed by atoms with van der Waals surface area (Å²) in [5, 5.41) is 26.5. The molecule has 3 amide bonds. The van der Waals surface area contributed by atoms with Crippen LogP contribution < -0.4 is 21.7 Å². The molecule has 13 heteroatoms. The van der Waals surface area contributed by atoms with Gasteiger partial charge in [-0.3, -0.25) is 14.4 Å². The highest BCUT2D eigenvalue weighted by Crippen LogP contribution is 2.12. The van der Waals surface area contributed by atoms with Gasteiger partial charge in [-0.25, -0.2) is 9.78 Å². The number of hydrogen-bond acceptors (Lipinski definition) is 8. The second-order valence-corrected chi connectivity index (χ2v) is 9.22. The largest absolute Gasteiger partial charge is 0.508 e. The number of aromatic amines is 1. The normalized spacial score (nSPS) is 14.2. The number of phenolic OH excluding ortho intramolecular Hbond substituents is 1. The second-order valence-electron chi connectivity index (χ2n) is 8.23. The van der Waals surface area contributed by atoms with Gasteiger partial charge in [-0.05, 0) is 43.0 Å². The van der Waals surface area contributed by atoms with Crippen molar-refractivity contribution in [2.45, 2.75) is 50.4 Å². The first-order valence-corrected chi connectivity index (χ1v) is 12.6. The third kappa shape index (κ3) is 9.23. The Bertz CT molecular complexity index is 1020. The Kier molecular flexibility index (Phi) is 11.2. The maximum absolute atomic E-state index is 13.0. The number of rotatable bonds is 14. The fraction of sp³-hybridized carbons (Fsp3) is 0.435. The van der Waals surface area contributed by atoms with E-state index in [1.54, 1.807) is 23.9 Å². The maximum Gasteiger partial charge on any atom is 0.326 e. The Balaban J connectivity index is 2.07. The van der Waals surface area contributed by atoms with E-state index in [2.05, 4.69) is 25.9 Å². The number of H-pyrrole nitrogens is 1. The molecule has 0 spiro atoms. The lowest BCUT2D eigenvalue weighted by atomic mass is 10.0. The average molecular weight is 521 g/mol. The number of nitrogens with one attached hydrogen (secondary N) is 4. The Morgan fingerprint density at radius 3 is 2.28 bits per heavy atom. The first-order valence-electron chi connectivity index (χ1n) is 11.2. The highest BCUT2D eigenvalue weighted by atomic mass is 32.2. The Morgan fingerprint density at radius 1 is 1.03 bits per heavy atom. The molecule has 1 heterocycles. The van der Waals surface area contributed by atoms with Crippen LogP contribution in [0.1, 0.15) is 24.6 Å². The van der Waals surface area contributed by atoms with Crippen molar-refractivity contribution in [1.82, 2.24) is 25.9 Å². The van der Waals surface area contributed by atoms with E-state index in [9.17, 15) is 29.4 Å². The summed E-state index contributed by atoms with van der Waals surface area (Å²) < 4.78 is 0. The van der Waals surface area contributed by atoms with E-state index in [-0.39, 0.29) is 18.6 Å². The molecule has 36 heavy (non-hydrogen) atoms. The first kappa shape index (κ1) is 28.7. The van der Waals surface area contributed by atoms with Crippen LogP contribution in [0, 0.1) is 0 Å². The van der Waals surface area contributed by atoms with Gasteiger partial charge in [-0.15, -0.1) is 0 Å². The van der Waals surface area contributed by atoms with Gasteiger partial charge in [-0.1, -0.05) is 12.1 Å². The van der Waals surface area contributed by atoms with Gasteiger partial charge < -0.3 is 36.9 Å². The Hall–Kier alpha value is -3.58. The van der Waals surface area contributed by atoms with Gasteiger partial charge in [0.25, 0.3) is 0 Å². The number of benzene rings is 1. The van der Waals surface area contributed by atoms with Gasteiger partial charge in [-0.2, -0.15) is 11.8 Å². The summed E-state index contributed by atoms with van der Waals surface area (Å²) in [5.41, 5.74) is 7.12. The van der Waals surface area contributed by atoms with E-state index in [1.165, 1.54) is 31.6 Å². The third-order valence-corrected chi connectivity index (χ3v) is 5.97. The molecule has 4 atom stereocenters. The zero-order valence-electron chi connectivity index (χ0n) is 20.1. The topological polar surface area (TPSA) is 200 Å². The van der Waals surface area contributed by atoms with Crippen molar-refractivity contribution in [3.05, 3.63) is 48.0 Å². The number of carbonyl (C=O) groups excluding carboxylic acids is 3. The fourth-order valence-electron chi connectivity index (χ4n) is 3.22. The SMILES string of the molecule is CSCCC(N)C(=O)NC(Cc1ccc(O)cc1)C(=O)NC(C)C(=O)NC(Cc1cnc[nH]1)C(=O)O. The van der Waals surface area contributed by atoms with E-state index >= 15 is 0 Å². The lowest BCUT2D eigenvalue weighted by Crippen LogP contribution is -2.57. The number of hydrogen-bond donors (Lipinski definition) is 7. The number of aromatic hydroxyl groups is 1. The number of nitrogens with two attached hydrogens (primary N) is 1. The van der Waals surface area contributed by atoms with Crippen molar-refractivity contribution in [3.63, 3.8) is 0 Å². The molecule has 4 unspecified atom stereocenters. The van der Waals surface area contributed by atoms with Gasteiger partial charge >= 0.3 is 5.97 Å². The molecular weight excluding hydrogens is 488 g/mol. The molecule has 196 valence electrons. The van der Waals surface area contributed by atoms with Crippen molar-refractivity contribution >= 4 is 35.5 Å². The third-order valence-electron chi connectivity index (χ3n) is 5.32. The summed E-state index contributed by atoms with van der Waals surface area (Å²) >= 11 is 1.54. The molecule has 0 bridgehead atoms. The predicted molar refractivity (Wildman–Crippen MR) is 134 cm³/mol. The smallest absolute Gasteiger partial charge is 0.326 e. The van der Waals surface area contributed by atoms with Gasteiger partial charge in [0, 0.05) is 24.7 Å². The highest BCUT2D eigenvalue weighted by molar-refractivity contribution is 7.98. The molecule has 0 aliphatic rings. The minimum Gasteiger partial charge on any atom is -0.508 e. The molecule has 0 saturated carbocycles. The number of carboxylic acid groups (broad SMARTS) is 1. The van der Waals surface area contributed by atoms with Crippen LogP contribution in [0.25, 0.3) is 0 Å². The summed E-state index contributed by atoms with van der Waals surface area (Å²) in [7, 11) is 0. The molecule has 2 rings (SSSR count). The van der Waals surface area contributed by atoms with E-state index in [0.29, 0.717) is 23.4 Å². The predicted octanol–water partition coefficient (Wildman–Crippen LogP) is -0.460. The van der Waals surface area contributed by atoms with E-state index in [1.807, 2.05) is 6.26 Å². The number of aliphatic carboxylic acids is 1. The maximum atomic E-state index is 13.0. The van der Waals surface area contributed by atoms with E-state index < -0.39 is 47.9 Å². The Labute approximate surface area is 212 Å². The molecular formula is C23H32N6O6S. The second kappa shape index (κ2) is 14.1. The lowest BCUT2D eigenvalue weighted by molar-refractivity contribution is -0.142. The van der Waals surface area contributed by atoms with E-state index in [0.717, 1.165) is 0 Å². The van der Waals surface area contributed by atoms with Crippen LogP contribution in [0.2, 0.25) is 0 Å². The van der Waals surface area contributed by atoms with Crippen LogP contribution in [-0.4, -0.2) is 80.0 Å². The van der Waals surface area contributed by atoms with E-state index in [4.69, 9.17) is 5.73 Å². The summed E-state index contributed by atoms with van der Waals surface area (Å²) in [5.74, 6) is -2.38. The van der Waals surface area contributed by atoms with Crippen molar-refractivity contribution in [1.29, 1.82) is 0 Å². The molecule has 0 aliphatic carbocycles. The standard InChI is InChI=1S/C23H32N6O6S/c1-13(20(31)29-19(23(34)35)10-15-11-25-12-26-15)27-22(33)18(9-14-3-5-16(30)6-4-14)28-21(32)17(24)7-8-36-2/h3-6,11-13,17-19,30H,7-10,24H2,1-2H3,(H,25,26)(H,27,33)(H,28,32)(H,29,31)(H,34,35). The van der Waals surface area contributed by atoms with Crippen LogP contribution in [0.3, 0.4) is 0 Å². The molecule has 12 nitrogen and oxygen atoms in total. The zero-order valence-corrected chi connectivity index (χ0v) is 20.9. The number of amides is 3. The zero-order chi connectivity index (χ0) is 26.7. The monoisotopic (exact) mass is 520 g/mol. The summed E-state index contributed by atoms with van der Waals surface area (Å²) in [6.07, 6.45) is 5.23. The van der Waals surface area contributed by atoms with Crippen LogP contribution in [0.4, 0.5) is 0 Å². The molecule has 0 radical (unpaired) electrons. The van der Waals surface area contributed by atoms with Crippen molar-refractivity contribution in [2.24, 2.45) is 5.73 Å². The molecule has 0 saturated heterocycles. The minimum absolute atomic E-state index is 0.0186. The highest BCUT2D eigenvalue weighted by Gasteiger charge is 2.28. The van der Waals surface area contributed by atoms with Crippen molar-refractivity contribution in [2.75, 3.05) is 12.0 Å².